The molecule has 0 aromatic heterocycles. The van der Waals surface area contributed by atoms with Crippen LogP contribution in [-0.4, -0.2) is 18.7 Å². The topological polar surface area (TPSA) is 26.3 Å². The third kappa shape index (κ3) is 7.43. The van der Waals surface area contributed by atoms with Crippen LogP contribution in [0, 0.1) is 0 Å². The van der Waals surface area contributed by atoms with Gasteiger partial charge in [0.05, 0.1) is 0 Å². The Bertz CT molecular complexity index is 214. The Morgan fingerprint density at radius 3 is 2.56 bits per heavy atom. The van der Waals surface area contributed by atoms with Crippen molar-refractivity contribution < 1.29 is 13.9 Å². The molecule has 0 N–H and O–H groups in total. The van der Waals surface area contributed by atoms with Crippen LogP contribution in [0.1, 0.15) is 52.4 Å². The smallest absolute Gasteiger partial charge is 0.333 e. The van der Waals surface area contributed by atoms with Crippen LogP contribution < -0.4 is 0 Å². The zero-order valence-electron chi connectivity index (χ0n) is 10.4. The minimum Gasteiger partial charge on any atom is -0.459 e. The molecule has 0 saturated carbocycles. The van der Waals surface area contributed by atoms with E-state index in [1.807, 2.05) is 6.92 Å². The fourth-order valence-corrected chi connectivity index (χ4v) is 1.29. The summed E-state index contributed by atoms with van der Waals surface area (Å²) < 4.78 is 18.1. The van der Waals surface area contributed by atoms with E-state index in [0.717, 1.165) is 25.7 Å². The van der Waals surface area contributed by atoms with E-state index >= 15 is 0 Å². The minimum absolute atomic E-state index is 0.135. The van der Waals surface area contributed by atoms with Gasteiger partial charge < -0.3 is 4.74 Å². The van der Waals surface area contributed by atoms with Gasteiger partial charge in [-0.2, -0.15) is 0 Å². The molecule has 94 valence electrons. The average molecular weight is 230 g/mol. The second-order valence-corrected chi connectivity index (χ2v) is 4.00. The molecule has 0 aromatic carbocycles. The zero-order chi connectivity index (χ0) is 12.4. The van der Waals surface area contributed by atoms with Gasteiger partial charge >= 0.3 is 5.97 Å². The van der Waals surface area contributed by atoms with E-state index in [2.05, 4.69) is 13.5 Å². The van der Waals surface area contributed by atoms with Crippen molar-refractivity contribution in [2.24, 2.45) is 0 Å². The summed E-state index contributed by atoms with van der Waals surface area (Å²) in [6, 6.07) is 0. The molecule has 3 heteroatoms. The van der Waals surface area contributed by atoms with Gasteiger partial charge in [0.1, 0.15) is 12.8 Å². The van der Waals surface area contributed by atoms with E-state index in [-0.39, 0.29) is 6.61 Å². The summed E-state index contributed by atoms with van der Waals surface area (Å²) in [5.74, 6) is -0.473. The van der Waals surface area contributed by atoms with Gasteiger partial charge in [0, 0.05) is 5.57 Å². The first-order valence-corrected chi connectivity index (χ1v) is 6.10. The summed E-state index contributed by atoms with van der Waals surface area (Å²) in [7, 11) is 0. The number of unbranched alkanes of at least 4 members (excludes halogenated alkanes) is 3. The second kappa shape index (κ2) is 9.37. The van der Waals surface area contributed by atoms with E-state index < -0.39 is 12.1 Å². The number of carbonyl (C=O) groups is 1. The van der Waals surface area contributed by atoms with E-state index in [4.69, 9.17) is 4.74 Å². The van der Waals surface area contributed by atoms with Gasteiger partial charge in [-0.3, -0.25) is 0 Å². The summed E-state index contributed by atoms with van der Waals surface area (Å²) >= 11 is 0. The molecule has 1 unspecified atom stereocenters. The van der Waals surface area contributed by atoms with Crippen molar-refractivity contribution in [3.63, 3.8) is 0 Å². The molecule has 0 rings (SSSR count). The highest BCUT2D eigenvalue weighted by Gasteiger charge is 2.11. The molecule has 0 heterocycles. The number of hydrogen-bond acceptors (Lipinski definition) is 2. The standard InChI is InChI=1S/C13H23FO2/c1-4-6-7-8-9-12(14)10-16-13(15)11(3)5-2/h12H,3-10H2,1-2H3. The fraction of sp³-hybridized carbons (Fsp3) is 0.769. The highest BCUT2D eigenvalue weighted by atomic mass is 19.1. The van der Waals surface area contributed by atoms with Crippen molar-refractivity contribution in [2.45, 2.75) is 58.5 Å². The van der Waals surface area contributed by atoms with Gasteiger partial charge in [-0.25, -0.2) is 9.18 Å². The first-order chi connectivity index (χ1) is 7.61. The number of rotatable bonds is 9. The van der Waals surface area contributed by atoms with Crippen molar-refractivity contribution in [1.82, 2.24) is 0 Å². The van der Waals surface area contributed by atoms with Gasteiger partial charge in [0.25, 0.3) is 0 Å². The van der Waals surface area contributed by atoms with Gasteiger partial charge in [-0.05, 0) is 12.8 Å². The van der Waals surface area contributed by atoms with Crippen molar-refractivity contribution in [3.8, 4) is 0 Å². The highest BCUT2D eigenvalue weighted by Crippen LogP contribution is 2.09. The van der Waals surface area contributed by atoms with Crippen molar-refractivity contribution in [1.29, 1.82) is 0 Å². The lowest BCUT2D eigenvalue weighted by Crippen LogP contribution is -2.15. The zero-order valence-corrected chi connectivity index (χ0v) is 10.4. The van der Waals surface area contributed by atoms with Crippen LogP contribution in [0.15, 0.2) is 12.2 Å². The quantitative estimate of drug-likeness (QED) is 0.342. The lowest BCUT2D eigenvalue weighted by atomic mass is 10.1. The number of ether oxygens (including phenoxy) is 1. The summed E-state index contributed by atoms with van der Waals surface area (Å²) in [4.78, 5) is 11.2. The van der Waals surface area contributed by atoms with Gasteiger partial charge in [-0.15, -0.1) is 0 Å². The molecule has 0 fully saturated rings. The van der Waals surface area contributed by atoms with Crippen LogP contribution in [0.4, 0.5) is 4.39 Å². The molecular weight excluding hydrogens is 207 g/mol. The monoisotopic (exact) mass is 230 g/mol. The first kappa shape index (κ1) is 15.1. The molecule has 0 saturated heterocycles. The number of carbonyl (C=O) groups excluding carboxylic acids is 1. The third-order valence-electron chi connectivity index (χ3n) is 2.48. The van der Waals surface area contributed by atoms with Crippen LogP contribution in [0.25, 0.3) is 0 Å². The Kier molecular flexibility index (Phi) is 8.87. The van der Waals surface area contributed by atoms with Crippen LogP contribution in [-0.2, 0) is 9.53 Å². The predicted molar refractivity (Wildman–Crippen MR) is 64.0 cm³/mol. The first-order valence-electron chi connectivity index (χ1n) is 6.10. The van der Waals surface area contributed by atoms with Crippen LogP contribution in [0.5, 0.6) is 0 Å². The molecule has 0 aliphatic heterocycles. The molecule has 0 spiro atoms. The maximum Gasteiger partial charge on any atom is 0.333 e. The summed E-state index contributed by atoms with van der Waals surface area (Å²) in [5.41, 5.74) is 0.401. The Balaban J connectivity index is 3.53. The van der Waals surface area contributed by atoms with Crippen molar-refractivity contribution in [2.75, 3.05) is 6.61 Å². The number of halogens is 1. The normalized spacial score (nSPS) is 12.2. The Hall–Kier alpha value is -0.860. The molecule has 2 nitrogen and oxygen atoms in total. The minimum atomic E-state index is -1.04. The molecule has 0 aliphatic rings. The summed E-state index contributed by atoms with van der Waals surface area (Å²) in [6.07, 6.45) is 4.18. The number of alkyl halides is 1. The number of hydrogen-bond donors (Lipinski definition) is 0. The maximum absolute atomic E-state index is 13.3. The van der Waals surface area contributed by atoms with E-state index in [9.17, 15) is 9.18 Å². The lowest BCUT2D eigenvalue weighted by Gasteiger charge is -2.09. The van der Waals surface area contributed by atoms with Gasteiger partial charge in [0.2, 0.25) is 0 Å². The molecule has 16 heavy (non-hydrogen) atoms. The molecule has 0 bridgehead atoms. The second-order valence-electron chi connectivity index (χ2n) is 4.00. The molecule has 1 atom stereocenters. The maximum atomic E-state index is 13.3. The van der Waals surface area contributed by atoms with Crippen LogP contribution in [0.2, 0.25) is 0 Å². The molecular formula is C13H23FO2. The van der Waals surface area contributed by atoms with Crippen LogP contribution in [0.3, 0.4) is 0 Å². The van der Waals surface area contributed by atoms with E-state index in [1.54, 1.807) is 0 Å². The van der Waals surface area contributed by atoms with Gasteiger partial charge in [-0.1, -0.05) is 46.1 Å². The molecule has 0 aliphatic carbocycles. The third-order valence-corrected chi connectivity index (χ3v) is 2.48. The molecule has 0 aromatic rings. The molecule has 0 amide bonds. The van der Waals surface area contributed by atoms with Crippen molar-refractivity contribution in [3.05, 3.63) is 12.2 Å². The highest BCUT2D eigenvalue weighted by molar-refractivity contribution is 5.87. The van der Waals surface area contributed by atoms with Gasteiger partial charge in [0.15, 0.2) is 0 Å². The average Bonchev–Trinajstić information content (AvgIpc) is 2.30. The summed E-state index contributed by atoms with van der Waals surface area (Å²) in [6.45, 7) is 7.34. The Morgan fingerprint density at radius 1 is 1.31 bits per heavy atom. The van der Waals surface area contributed by atoms with E-state index in [0.29, 0.717) is 18.4 Å². The van der Waals surface area contributed by atoms with E-state index in [1.165, 1.54) is 0 Å². The summed E-state index contributed by atoms with van der Waals surface area (Å²) in [5, 5.41) is 0. The Morgan fingerprint density at radius 2 is 2.00 bits per heavy atom. The largest absolute Gasteiger partial charge is 0.459 e. The fourth-order valence-electron chi connectivity index (χ4n) is 1.29. The SMILES string of the molecule is C=C(CC)C(=O)OCC(F)CCCCCC. The Labute approximate surface area is 97.9 Å². The molecule has 0 radical (unpaired) electrons. The number of esters is 1. The van der Waals surface area contributed by atoms with Crippen molar-refractivity contribution >= 4 is 5.97 Å². The lowest BCUT2D eigenvalue weighted by molar-refractivity contribution is -0.140. The predicted octanol–water partition coefficient (Wildman–Crippen LogP) is 3.80. The van der Waals surface area contributed by atoms with Crippen LogP contribution >= 0.6 is 0 Å².